The second-order valence-corrected chi connectivity index (χ2v) is 6.64. The molecule has 0 N–H and O–H groups in total. The number of fused-ring (bicyclic) bond motifs is 1. The predicted molar refractivity (Wildman–Crippen MR) is 92.8 cm³/mol. The molecular formula is C19H25FN2O3. The highest BCUT2D eigenvalue weighted by Gasteiger charge is 2.28. The van der Waals surface area contributed by atoms with E-state index < -0.39 is 0 Å². The smallest absolute Gasteiger partial charge is 0.310 e. The number of carbonyl (C=O) groups is 1. The molecular weight excluding hydrogens is 323 g/mol. The first-order valence-corrected chi connectivity index (χ1v) is 9.06. The van der Waals surface area contributed by atoms with Gasteiger partial charge in [-0.3, -0.25) is 4.79 Å². The number of carbonyl (C=O) groups excluding carboxylic acids is 1. The molecule has 1 fully saturated rings. The number of esters is 1. The van der Waals surface area contributed by atoms with Gasteiger partial charge in [-0.05, 0) is 51.4 Å². The van der Waals surface area contributed by atoms with Gasteiger partial charge in [0.05, 0.1) is 18.2 Å². The second-order valence-electron chi connectivity index (χ2n) is 6.64. The monoisotopic (exact) mass is 348 g/mol. The van der Waals surface area contributed by atoms with Crippen LogP contribution in [0.1, 0.15) is 44.7 Å². The first-order chi connectivity index (χ1) is 12.1. The van der Waals surface area contributed by atoms with Gasteiger partial charge in [0.1, 0.15) is 5.82 Å². The van der Waals surface area contributed by atoms with E-state index >= 15 is 0 Å². The van der Waals surface area contributed by atoms with Gasteiger partial charge in [0.2, 0.25) is 0 Å². The molecule has 1 saturated heterocycles. The minimum atomic E-state index is -0.311. The summed E-state index contributed by atoms with van der Waals surface area (Å²) in [6.45, 7) is 6.86. The van der Waals surface area contributed by atoms with E-state index in [0.717, 1.165) is 50.0 Å². The predicted octanol–water partition coefficient (Wildman–Crippen LogP) is 3.74. The molecule has 0 amide bonds. The van der Waals surface area contributed by atoms with Crippen molar-refractivity contribution in [3.05, 3.63) is 29.7 Å². The third-order valence-electron chi connectivity index (χ3n) is 5.03. The highest BCUT2D eigenvalue weighted by atomic mass is 19.1. The number of halogens is 1. The fraction of sp³-hybridized carbons (Fsp3) is 0.579. The zero-order valence-corrected chi connectivity index (χ0v) is 14.8. The van der Waals surface area contributed by atoms with Crippen LogP contribution in [-0.2, 0) is 9.53 Å². The van der Waals surface area contributed by atoms with Gasteiger partial charge >= 0.3 is 5.97 Å². The lowest BCUT2D eigenvalue weighted by molar-refractivity contribution is -0.148. The molecule has 1 unspecified atom stereocenters. The number of aromatic nitrogens is 1. The summed E-state index contributed by atoms with van der Waals surface area (Å²) in [5, 5.41) is 5.08. The third kappa shape index (κ3) is 4.00. The third-order valence-corrected chi connectivity index (χ3v) is 5.03. The molecule has 1 aromatic carbocycles. The molecule has 2 heterocycles. The summed E-state index contributed by atoms with van der Waals surface area (Å²) in [7, 11) is 0. The van der Waals surface area contributed by atoms with Gasteiger partial charge < -0.3 is 14.2 Å². The SMILES string of the molecule is CCOC(=O)C(CC)CN1CCC(c2noc3cc(F)ccc23)CC1. The fourth-order valence-electron chi connectivity index (χ4n) is 3.56. The molecule has 0 bridgehead atoms. The Hall–Kier alpha value is -1.95. The Morgan fingerprint density at radius 2 is 2.16 bits per heavy atom. The van der Waals surface area contributed by atoms with Crippen LogP contribution in [0, 0.1) is 11.7 Å². The standard InChI is InChI=1S/C19H25FN2O3/c1-3-13(19(23)24-4-2)12-22-9-7-14(8-10-22)18-16-6-5-15(20)11-17(16)25-21-18/h5-6,11,13-14H,3-4,7-10,12H2,1-2H3. The molecule has 1 aromatic heterocycles. The lowest BCUT2D eigenvalue weighted by atomic mass is 9.91. The molecule has 0 aliphatic carbocycles. The number of piperidine rings is 1. The van der Waals surface area contributed by atoms with Crippen molar-refractivity contribution >= 4 is 16.9 Å². The van der Waals surface area contributed by atoms with E-state index in [1.54, 1.807) is 6.07 Å². The van der Waals surface area contributed by atoms with Crippen molar-refractivity contribution in [1.82, 2.24) is 10.1 Å². The van der Waals surface area contributed by atoms with Gasteiger partial charge in [-0.1, -0.05) is 12.1 Å². The van der Waals surface area contributed by atoms with Crippen molar-refractivity contribution in [3.63, 3.8) is 0 Å². The van der Waals surface area contributed by atoms with Crippen LogP contribution < -0.4 is 0 Å². The van der Waals surface area contributed by atoms with E-state index in [1.807, 2.05) is 13.8 Å². The van der Waals surface area contributed by atoms with Crippen molar-refractivity contribution in [2.45, 2.75) is 39.0 Å². The summed E-state index contributed by atoms with van der Waals surface area (Å²) >= 11 is 0. The summed E-state index contributed by atoms with van der Waals surface area (Å²) in [5.74, 6) is -0.163. The summed E-state index contributed by atoms with van der Waals surface area (Å²) in [6.07, 6.45) is 2.70. The average molecular weight is 348 g/mol. The quantitative estimate of drug-likeness (QED) is 0.745. The van der Waals surface area contributed by atoms with Crippen molar-refractivity contribution in [2.75, 3.05) is 26.2 Å². The average Bonchev–Trinajstić information content (AvgIpc) is 3.03. The number of benzene rings is 1. The van der Waals surface area contributed by atoms with Crippen molar-refractivity contribution in [1.29, 1.82) is 0 Å². The molecule has 136 valence electrons. The van der Waals surface area contributed by atoms with E-state index in [2.05, 4.69) is 10.1 Å². The largest absolute Gasteiger partial charge is 0.466 e. The van der Waals surface area contributed by atoms with Gasteiger partial charge in [0, 0.05) is 23.9 Å². The Labute approximate surface area is 147 Å². The molecule has 3 rings (SSSR count). The van der Waals surface area contributed by atoms with Crippen LogP contribution in [0.3, 0.4) is 0 Å². The van der Waals surface area contributed by atoms with E-state index in [0.29, 0.717) is 18.1 Å². The molecule has 25 heavy (non-hydrogen) atoms. The number of likely N-dealkylation sites (tertiary alicyclic amines) is 1. The Morgan fingerprint density at radius 3 is 2.84 bits per heavy atom. The fourth-order valence-corrected chi connectivity index (χ4v) is 3.56. The minimum Gasteiger partial charge on any atom is -0.466 e. The zero-order valence-electron chi connectivity index (χ0n) is 14.8. The summed E-state index contributed by atoms with van der Waals surface area (Å²) < 4.78 is 23.7. The van der Waals surface area contributed by atoms with Crippen molar-refractivity contribution in [2.24, 2.45) is 5.92 Å². The van der Waals surface area contributed by atoms with Crippen molar-refractivity contribution < 1.29 is 18.4 Å². The molecule has 1 atom stereocenters. The summed E-state index contributed by atoms with van der Waals surface area (Å²) in [4.78, 5) is 14.3. The molecule has 0 saturated carbocycles. The Kier molecular flexibility index (Phi) is 5.68. The minimum absolute atomic E-state index is 0.0626. The first kappa shape index (κ1) is 17.9. The van der Waals surface area contributed by atoms with Crippen LogP contribution in [0.4, 0.5) is 4.39 Å². The molecule has 0 radical (unpaired) electrons. The van der Waals surface area contributed by atoms with Crippen LogP contribution in [-0.4, -0.2) is 42.3 Å². The second kappa shape index (κ2) is 7.95. The number of rotatable bonds is 6. The van der Waals surface area contributed by atoms with Crippen LogP contribution in [0.15, 0.2) is 22.7 Å². The lowest BCUT2D eigenvalue weighted by Crippen LogP contribution is -2.39. The number of hydrogen-bond donors (Lipinski definition) is 0. The first-order valence-electron chi connectivity index (χ1n) is 9.06. The van der Waals surface area contributed by atoms with E-state index in [9.17, 15) is 9.18 Å². The van der Waals surface area contributed by atoms with E-state index in [4.69, 9.17) is 9.26 Å². The van der Waals surface area contributed by atoms with Crippen LogP contribution in [0.5, 0.6) is 0 Å². The topological polar surface area (TPSA) is 55.6 Å². The molecule has 0 spiro atoms. The Bertz CT molecular complexity index is 723. The number of nitrogens with zero attached hydrogens (tertiary/aromatic N) is 2. The lowest BCUT2D eigenvalue weighted by Gasteiger charge is -2.32. The molecule has 2 aromatic rings. The van der Waals surface area contributed by atoms with Crippen molar-refractivity contribution in [3.8, 4) is 0 Å². The number of hydrogen-bond acceptors (Lipinski definition) is 5. The van der Waals surface area contributed by atoms with Crippen LogP contribution in [0.2, 0.25) is 0 Å². The Morgan fingerprint density at radius 1 is 1.40 bits per heavy atom. The van der Waals surface area contributed by atoms with Gasteiger partial charge in [-0.25, -0.2) is 4.39 Å². The van der Waals surface area contributed by atoms with E-state index in [-0.39, 0.29) is 17.7 Å². The van der Waals surface area contributed by atoms with Gasteiger partial charge in [-0.2, -0.15) is 0 Å². The maximum absolute atomic E-state index is 13.3. The molecule has 1 aliphatic heterocycles. The summed E-state index contributed by atoms with van der Waals surface area (Å²) in [5.41, 5.74) is 1.43. The summed E-state index contributed by atoms with van der Waals surface area (Å²) in [6, 6.07) is 4.58. The maximum Gasteiger partial charge on any atom is 0.310 e. The Balaban J connectivity index is 1.60. The highest BCUT2D eigenvalue weighted by Crippen LogP contribution is 2.33. The molecule has 1 aliphatic rings. The van der Waals surface area contributed by atoms with Gasteiger partial charge in [0.25, 0.3) is 0 Å². The van der Waals surface area contributed by atoms with E-state index in [1.165, 1.54) is 12.1 Å². The zero-order chi connectivity index (χ0) is 17.8. The van der Waals surface area contributed by atoms with Crippen LogP contribution in [0.25, 0.3) is 11.0 Å². The number of ether oxygens (including phenoxy) is 1. The highest BCUT2D eigenvalue weighted by molar-refractivity contribution is 5.79. The van der Waals surface area contributed by atoms with Crippen LogP contribution >= 0.6 is 0 Å². The van der Waals surface area contributed by atoms with Gasteiger partial charge in [-0.15, -0.1) is 0 Å². The molecule has 5 nitrogen and oxygen atoms in total. The normalized spacial score (nSPS) is 17.7. The van der Waals surface area contributed by atoms with Gasteiger partial charge in [0.15, 0.2) is 5.58 Å². The molecule has 6 heteroatoms. The maximum atomic E-state index is 13.3.